The third-order valence-corrected chi connectivity index (χ3v) is 11.9. The van der Waals surface area contributed by atoms with E-state index in [1.54, 1.807) is 0 Å². The minimum Gasteiger partial charge on any atom is -0.455 e. The molecule has 0 aliphatic heterocycles. The van der Waals surface area contributed by atoms with Gasteiger partial charge >= 0.3 is 0 Å². The summed E-state index contributed by atoms with van der Waals surface area (Å²) in [4.78, 5) is 10.8. The van der Waals surface area contributed by atoms with Crippen molar-refractivity contribution in [1.82, 2.24) is 14.5 Å². The van der Waals surface area contributed by atoms with Crippen LogP contribution in [0.1, 0.15) is 0 Å². The molecule has 0 atom stereocenters. The zero-order valence-electron chi connectivity index (χ0n) is 26.2. The molecule has 1 aliphatic carbocycles. The molecule has 13 rings (SSSR count). The highest BCUT2D eigenvalue weighted by Gasteiger charge is 2.28. The van der Waals surface area contributed by atoms with E-state index in [2.05, 4.69) is 95.6 Å². The summed E-state index contributed by atoms with van der Waals surface area (Å²) in [5.74, 6) is 0.601. The Morgan fingerprint density at radius 1 is 0.460 bits per heavy atom. The number of aromatic nitrogens is 3. The fourth-order valence-corrected chi connectivity index (χ4v) is 9.87. The first kappa shape index (κ1) is 25.5. The molecule has 0 unspecified atom stereocenters. The van der Waals surface area contributed by atoms with Gasteiger partial charge in [-0.25, -0.2) is 9.97 Å². The van der Waals surface area contributed by atoms with E-state index in [0.717, 1.165) is 55.0 Å². The van der Waals surface area contributed by atoms with Crippen LogP contribution < -0.4 is 0 Å². The number of benzene rings is 7. The number of rotatable bonds is 2. The Morgan fingerprint density at radius 2 is 1.12 bits per heavy atom. The van der Waals surface area contributed by atoms with Gasteiger partial charge in [-0.15, -0.1) is 11.3 Å². The fourth-order valence-electron chi connectivity index (χ4n) is 8.73. The van der Waals surface area contributed by atoms with Crippen molar-refractivity contribution in [2.75, 3.05) is 0 Å². The molecule has 230 valence electrons. The van der Waals surface area contributed by atoms with Crippen molar-refractivity contribution in [1.29, 1.82) is 0 Å². The standard InChI is InChI=1S/C44H21N3O2S/c1-3-15-31-23(9-1)26-13-6-14-28(42(26)48-31)41-43-40(27-10-2-4-16-32(27)49-43)45-44(46-41)47-29-19-18-22-8-5-11-24-25-12-7-17-33-36(25)39-34(50-33)21-20-30(47)38(39)37(29)35(22)24/h1-21H. The van der Waals surface area contributed by atoms with E-state index in [1.165, 1.54) is 52.8 Å². The molecule has 0 saturated heterocycles. The lowest BCUT2D eigenvalue weighted by atomic mass is 9.95. The summed E-state index contributed by atoms with van der Waals surface area (Å²) in [5.41, 5.74) is 10.1. The third kappa shape index (κ3) is 2.97. The van der Waals surface area contributed by atoms with E-state index in [-0.39, 0.29) is 0 Å². The Balaban J connectivity index is 1.24. The second-order valence-electron chi connectivity index (χ2n) is 13.2. The van der Waals surface area contributed by atoms with E-state index in [9.17, 15) is 0 Å². The zero-order valence-corrected chi connectivity index (χ0v) is 27.0. The lowest BCUT2D eigenvalue weighted by molar-refractivity contribution is 0.662. The average molecular weight is 656 g/mol. The van der Waals surface area contributed by atoms with Crippen LogP contribution in [0.5, 0.6) is 0 Å². The molecule has 5 heterocycles. The summed E-state index contributed by atoms with van der Waals surface area (Å²) in [7, 11) is 0. The van der Waals surface area contributed by atoms with E-state index < -0.39 is 0 Å². The first-order valence-corrected chi connectivity index (χ1v) is 17.6. The van der Waals surface area contributed by atoms with Crippen LogP contribution in [0.3, 0.4) is 0 Å². The van der Waals surface area contributed by atoms with E-state index >= 15 is 0 Å². The van der Waals surface area contributed by atoms with Gasteiger partial charge in [-0.3, -0.25) is 4.57 Å². The highest BCUT2D eigenvalue weighted by molar-refractivity contribution is 7.26. The Bertz CT molecular complexity index is 3510. The average Bonchev–Trinajstić information content (AvgIpc) is 3.90. The van der Waals surface area contributed by atoms with Crippen molar-refractivity contribution in [3.8, 4) is 28.3 Å². The van der Waals surface area contributed by atoms with E-state index in [1.807, 2.05) is 47.7 Å². The van der Waals surface area contributed by atoms with Gasteiger partial charge in [0.05, 0.1) is 11.0 Å². The van der Waals surface area contributed by atoms with Gasteiger partial charge in [-0.2, -0.15) is 0 Å². The smallest absolute Gasteiger partial charge is 0.236 e. The normalized spacial score (nSPS) is 12.8. The van der Waals surface area contributed by atoms with E-state index in [4.69, 9.17) is 18.8 Å². The van der Waals surface area contributed by atoms with Crippen LogP contribution in [0.15, 0.2) is 136 Å². The maximum Gasteiger partial charge on any atom is 0.236 e. The summed E-state index contributed by atoms with van der Waals surface area (Å²) in [6.07, 6.45) is 0. The second-order valence-corrected chi connectivity index (χ2v) is 14.3. The molecule has 12 aromatic rings. The Hall–Kier alpha value is -6.50. The summed E-state index contributed by atoms with van der Waals surface area (Å²) in [6, 6.07) is 45.0. The van der Waals surface area contributed by atoms with Gasteiger partial charge in [-0.05, 0) is 70.4 Å². The van der Waals surface area contributed by atoms with E-state index in [0.29, 0.717) is 17.2 Å². The summed E-state index contributed by atoms with van der Waals surface area (Å²) in [6.45, 7) is 0. The second kappa shape index (κ2) is 8.74. The van der Waals surface area contributed by atoms with Crippen molar-refractivity contribution in [2.24, 2.45) is 0 Å². The van der Waals surface area contributed by atoms with Crippen molar-refractivity contribution >= 4 is 108 Å². The van der Waals surface area contributed by atoms with Gasteiger partial charge in [0.15, 0.2) is 5.58 Å². The number of hydrogen-bond donors (Lipinski definition) is 0. The summed E-state index contributed by atoms with van der Waals surface area (Å²) < 4.78 is 18.0. The Kier molecular flexibility index (Phi) is 4.46. The monoisotopic (exact) mass is 655 g/mol. The topological polar surface area (TPSA) is 57.0 Å². The van der Waals surface area contributed by atoms with Crippen molar-refractivity contribution in [3.63, 3.8) is 0 Å². The minimum atomic E-state index is 0.601. The molecular formula is C44H21N3O2S. The Morgan fingerprint density at radius 3 is 2.02 bits per heavy atom. The first-order chi connectivity index (χ1) is 24.8. The molecule has 5 aromatic heterocycles. The molecule has 50 heavy (non-hydrogen) atoms. The fraction of sp³-hybridized carbons (Fsp3) is 0. The van der Waals surface area contributed by atoms with Crippen LogP contribution >= 0.6 is 11.3 Å². The molecular weight excluding hydrogens is 635 g/mol. The number of hydrogen-bond acceptors (Lipinski definition) is 5. The molecule has 6 heteroatoms. The van der Waals surface area contributed by atoms with Gasteiger partial charge in [0.1, 0.15) is 28.0 Å². The Labute approximate surface area is 286 Å². The molecule has 5 nitrogen and oxygen atoms in total. The number of furan rings is 2. The molecule has 0 fully saturated rings. The SMILES string of the molecule is c1cc2c3c(c1)ccc1c3c3c4c(ccc3n1-c1nc(-c3cccc5c3oc3ccccc35)c3oc5ccccc5c3n1)sc1cccc-2c14. The lowest BCUT2D eigenvalue weighted by Crippen LogP contribution is -2.03. The van der Waals surface area contributed by atoms with Crippen molar-refractivity contribution in [3.05, 3.63) is 127 Å². The molecule has 0 amide bonds. The van der Waals surface area contributed by atoms with Crippen molar-refractivity contribution in [2.45, 2.75) is 0 Å². The van der Waals surface area contributed by atoms with Crippen LogP contribution in [0, 0.1) is 0 Å². The first-order valence-electron chi connectivity index (χ1n) is 16.7. The molecule has 0 saturated carbocycles. The maximum absolute atomic E-state index is 6.59. The minimum absolute atomic E-state index is 0.601. The van der Waals surface area contributed by atoms with Crippen LogP contribution in [0.2, 0.25) is 0 Å². The molecule has 7 aromatic carbocycles. The van der Waals surface area contributed by atoms with Gasteiger partial charge in [-0.1, -0.05) is 78.9 Å². The van der Waals surface area contributed by atoms with Gasteiger partial charge in [0, 0.05) is 52.7 Å². The molecule has 0 bridgehead atoms. The molecule has 0 N–H and O–H groups in total. The summed E-state index contributed by atoms with van der Waals surface area (Å²) in [5, 5.41) is 10.7. The molecule has 1 aliphatic rings. The lowest BCUT2D eigenvalue weighted by Gasteiger charge is -2.12. The van der Waals surface area contributed by atoms with Crippen LogP contribution in [-0.2, 0) is 0 Å². The van der Waals surface area contributed by atoms with Crippen LogP contribution in [-0.4, -0.2) is 14.5 Å². The van der Waals surface area contributed by atoms with Crippen LogP contribution in [0.25, 0.3) is 125 Å². The number of thiophene rings is 1. The highest BCUT2D eigenvalue weighted by atomic mass is 32.1. The van der Waals surface area contributed by atoms with Gasteiger partial charge < -0.3 is 8.83 Å². The largest absolute Gasteiger partial charge is 0.455 e. The maximum atomic E-state index is 6.59. The predicted molar refractivity (Wildman–Crippen MR) is 206 cm³/mol. The molecule has 0 spiro atoms. The quantitative estimate of drug-likeness (QED) is 0.186. The molecule has 0 radical (unpaired) electrons. The third-order valence-electron chi connectivity index (χ3n) is 10.8. The number of nitrogens with zero attached hydrogens (tertiary/aromatic N) is 3. The van der Waals surface area contributed by atoms with Crippen molar-refractivity contribution < 1.29 is 8.83 Å². The predicted octanol–water partition coefficient (Wildman–Crippen LogP) is 12.5. The summed E-state index contributed by atoms with van der Waals surface area (Å²) >= 11 is 1.87. The van der Waals surface area contributed by atoms with Gasteiger partial charge in [0.25, 0.3) is 0 Å². The zero-order chi connectivity index (χ0) is 32.2. The number of para-hydroxylation sites is 3. The van der Waals surface area contributed by atoms with Gasteiger partial charge in [0.2, 0.25) is 5.95 Å². The van der Waals surface area contributed by atoms with Crippen LogP contribution in [0.4, 0.5) is 0 Å². The highest BCUT2D eigenvalue weighted by Crippen LogP contribution is 2.52. The number of fused-ring (bicyclic) bond motifs is 7.